The summed E-state index contributed by atoms with van der Waals surface area (Å²) in [6.07, 6.45) is 10.4. The van der Waals surface area contributed by atoms with E-state index in [2.05, 4.69) is 78.7 Å². The number of fused-ring (bicyclic) bond motifs is 5. The maximum atomic E-state index is 12.5. The van der Waals surface area contributed by atoms with Gasteiger partial charge in [0.15, 0.2) is 22.9 Å². The first-order chi connectivity index (χ1) is 56.5. The first-order valence-electron chi connectivity index (χ1n) is 38.0. The Kier molecular flexibility index (Phi) is 22.9. The lowest BCUT2D eigenvalue weighted by molar-refractivity contribution is -0.00347. The summed E-state index contributed by atoms with van der Waals surface area (Å²) < 4.78 is 56.9. The van der Waals surface area contributed by atoms with Gasteiger partial charge in [-0.25, -0.2) is 15.0 Å². The fourth-order valence-electron chi connectivity index (χ4n) is 14.0. The number of aryl methyl sites for hydroxylation is 4. The minimum absolute atomic E-state index is 0.00987. The van der Waals surface area contributed by atoms with Gasteiger partial charge < -0.3 is 93.6 Å². The molecule has 31 nitrogen and oxygen atoms in total. The standard InChI is InChI=1S/C30H32N6O4.C29H27ClN6O5.C24H23ClN6O4/c1-4-5-19-14-20(28(37)31-3)7-8-23(19)34-30-35-27-26(29(36-30)40-21-10-12-38-13-11-21)22(16-32-27)18-6-9-24-25(15-18)39-17(2)33-24;1-15-32-23-5-2-16(11-24(23)40-15)20-12-31-26-25(20)28(41-19-6-8-38-9-7-19)36-29(35-26)34-22-4-3-17(10-21(22)30)27(37)33-18-13-39-14-18;1-12-6-14(8-19(25)27-12)16-9-26-21-20(16)23(34-3)31-24(30-21)29-17-5-4-13(7-18(17)33-2)22(32)28-15-10-35-11-15/h6-9,14-16,21H,4-5,10-13H2,1-3H3,(H,31,37)(H2,32,34,35,36);2-5,10-12,18-19H,6-9,13-14H2,1H3,(H,33,37)(H2,31,34,35,36);4-9,15H,10-11H2,1-3H3,(H,28,32)(H2,26,29,30,31). The van der Waals surface area contributed by atoms with Gasteiger partial charge in [0.25, 0.3) is 17.7 Å². The second-order valence-corrected chi connectivity index (χ2v) is 28.9. The molecule has 0 bridgehead atoms. The second kappa shape index (κ2) is 34.3. The molecule has 4 fully saturated rings. The lowest BCUT2D eigenvalue weighted by atomic mass is 10.0. The van der Waals surface area contributed by atoms with Crippen molar-refractivity contribution in [1.82, 2.24) is 75.8 Å². The fraction of sp³-hybridized carbons (Fsp3) is 0.301. The van der Waals surface area contributed by atoms with Gasteiger partial charge in [0, 0.05) is 110 Å². The smallest absolute Gasteiger partial charge is 0.251 e. The predicted molar refractivity (Wildman–Crippen MR) is 438 cm³/mol. The van der Waals surface area contributed by atoms with E-state index in [9.17, 15) is 14.4 Å². The Morgan fingerprint density at radius 1 is 0.483 bits per heavy atom. The Morgan fingerprint density at radius 2 is 0.948 bits per heavy atom. The Labute approximate surface area is 673 Å². The van der Waals surface area contributed by atoms with Crippen LogP contribution in [0.5, 0.6) is 23.4 Å². The molecule has 9 aromatic heterocycles. The molecule has 0 atom stereocenters. The monoisotopic (exact) mass is 1610 g/mol. The Hall–Kier alpha value is -12.5. The van der Waals surface area contributed by atoms with E-state index in [0.29, 0.717) is 167 Å². The number of hydrogen-bond acceptors (Lipinski definition) is 25. The van der Waals surface area contributed by atoms with E-state index in [1.807, 2.05) is 94.0 Å². The third kappa shape index (κ3) is 17.1. The van der Waals surface area contributed by atoms with Crippen LogP contribution in [-0.2, 0) is 25.4 Å². The highest BCUT2D eigenvalue weighted by molar-refractivity contribution is 6.33. The number of amides is 3. The molecule has 5 aromatic carbocycles. The molecule has 13 heterocycles. The predicted octanol–water partition coefficient (Wildman–Crippen LogP) is 14.7. The first kappa shape index (κ1) is 77.4. The van der Waals surface area contributed by atoms with Crippen molar-refractivity contribution >= 4 is 131 Å². The number of methoxy groups -OCH3 is 2. The van der Waals surface area contributed by atoms with E-state index in [1.54, 1.807) is 62.7 Å². The van der Waals surface area contributed by atoms with Gasteiger partial charge in [0.05, 0.1) is 112 Å². The molecule has 18 rings (SSSR count). The van der Waals surface area contributed by atoms with Crippen molar-refractivity contribution in [3.63, 3.8) is 0 Å². The lowest BCUT2D eigenvalue weighted by Gasteiger charge is -2.26. The number of benzene rings is 5. The van der Waals surface area contributed by atoms with Crippen molar-refractivity contribution in [2.24, 2.45) is 0 Å². The Balaban J connectivity index is 0.000000131. The largest absolute Gasteiger partial charge is 0.495 e. The van der Waals surface area contributed by atoms with Gasteiger partial charge >= 0.3 is 0 Å². The number of hydrogen-bond donors (Lipinski definition) is 9. The highest BCUT2D eigenvalue weighted by Gasteiger charge is 2.29. The van der Waals surface area contributed by atoms with Crippen LogP contribution in [0.2, 0.25) is 10.2 Å². The third-order valence-corrected chi connectivity index (χ3v) is 20.4. The molecule has 0 saturated carbocycles. The zero-order chi connectivity index (χ0) is 80.1. The van der Waals surface area contributed by atoms with Gasteiger partial charge in [-0.15, -0.1) is 0 Å². The molecule has 0 aliphatic carbocycles. The van der Waals surface area contributed by atoms with E-state index < -0.39 is 0 Å². The molecule has 4 aliphatic rings. The molecule has 596 valence electrons. The van der Waals surface area contributed by atoms with Crippen molar-refractivity contribution in [2.75, 3.05) is 90.1 Å². The topological polar surface area (TPSA) is 387 Å². The number of oxazole rings is 2. The number of aromatic amines is 3. The average Bonchev–Trinajstić information content (AvgIpc) is 1.46. The molecule has 14 aromatic rings. The molecule has 9 N–H and O–H groups in total. The van der Waals surface area contributed by atoms with Gasteiger partial charge in [-0.2, -0.15) is 29.9 Å². The number of halogens is 2. The summed E-state index contributed by atoms with van der Waals surface area (Å²) in [6, 6.07) is 31.4. The molecule has 0 radical (unpaired) electrons. The number of rotatable bonds is 22. The number of nitrogens with zero attached hydrogens (tertiary/aromatic N) is 9. The van der Waals surface area contributed by atoms with E-state index in [-0.39, 0.29) is 42.0 Å². The van der Waals surface area contributed by atoms with Crippen LogP contribution < -0.4 is 50.8 Å². The van der Waals surface area contributed by atoms with E-state index >= 15 is 0 Å². The minimum Gasteiger partial charge on any atom is -0.495 e. The van der Waals surface area contributed by atoms with Crippen LogP contribution in [0.1, 0.15) is 93.1 Å². The molecule has 0 spiro atoms. The van der Waals surface area contributed by atoms with Crippen LogP contribution >= 0.6 is 23.2 Å². The first-order valence-corrected chi connectivity index (χ1v) is 38.7. The van der Waals surface area contributed by atoms with Gasteiger partial charge in [0.1, 0.15) is 51.1 Å². The van der Waals surface area contributed by atoms with Crippen LogP contribution in [0.3, 0.4) is 0 Å². The zero-order valence-corrected chi connectivity index (χ0v) is 65.9. The second-order valence-electron chi connectivity index (χ2n) is 28.2. The molecule has 4 saturated heterocycles. The van der Waals surface area contributed by atoms with Crippen molar-refractivity contribution in [2.45, 2.75) is 90.5 Å². The quantitative estimate of drug-likeness (QED) is 0.0285. The van der Waals surface area contributed by atoms with Crippen LogP contribution in [0, 0.1) is 20.8 Å². The Bertz CT molecular complexity index is 5980. The number of carbonyl (C=O) groups is 3. The number of nitrogens with one attached hydrogen (secondary N) is 9. The number of ether oxygens (including phenoxy) is 8. The van der Waals surface area contributed by atoms with Crippen molar-refractivity contribution < 1.29 is 61.1 Å². The maximum Gasteiger partial charge on any atom is 0.251 e. The van der Waals surface area contributed by atoms with Gasteiger partial charge in [0.2, 0.25) is 35.5 Å². The summed E-state index contributed by atoms with van der Waals surface area (Å²) in [7, 11) is 4.71. The molecule has 4 aliphatic heterocycles. The van der Waals surface area contributed by atoms with E-state index in [0.717, 1.165) is 122 Å². The number of anilines is 6. The highest BCUT2D eigenvalue weighted by Crippen LogP contribution is 2.42. The third-order valence-electron chi connectivity index (χ3n) is 19.9. The molecule has 0 unspecified atom stereocenters. The highest BCUT2D eigenvalue weighted by atomic mass is 35.5. The average molecular weight is 1610 g/mol. The molecule has 116 heavy (non-hydrogen) atoms. The number of carbonyl (C=O) groups excluding carboxylic acids is 3. The summed E-state index contributed by atoms with van der Waals surface area (Å²) in [4.78, 5) is 88.4. The van der Waals surface area contributed by atoms with E-state index in [1.165, 1.54) is 7.11 Å². The number of aromatic nitrogens is 12. The minimum atomic E-state index is -0.200. The van der Waals surface area contributed by atoms with Crippen molar-refractivity contribution in [3.8, 4) is 56.8 Å². The summed E-state index contributed by atoms with van der Waals surface area (Å²) in [5.74, 6) is 3.55. The summed E-state index contributed by atoms with van der Waals surface area (Å²) >= 11 is 12.7. The maximum absolute atomic E-state index is 12.5. The molecule has 33 heteroatoms. The van der Waals surface area contributed by atoms with Crippen LogP contribution in [0.15, 0.2) is 131 Å². The number of H-pyrrole nitrogens is 3. The summed E-state index contributed by atoms with van der Waals surface area (Å²) in [5, 5.41) is 21.3. The van der Waals surface area contributed by atoms with Crippen LogP contribution in [0.25, 0.3) is 88.7 Å². The van der Waals surface area contributed by atoms with Crippen LogP contribution in [0.4, 0.5) is 34.9 Å². The molecular formula is C83H82Cl2N18O13. The van der Waals surface area contributed by atoms with E-state index in [4.69, 9.17) is 89.9 Å². The van der Waals surface area contributed by atoms with Gasteiger partial charge in [-0.1, -0.05) is 48.7 Å². The molecular weight excluding hydrogens is 1530 g/mol. The normalized spacial score (nSPS) is 14.6. The summed E-state index contributed by atoms with van der Waals surface area (Å²) in [6.45, 7) is 12.3. The van der Waals surface area contributed by atoms with Crippen molar-refractivity contribution in [1.29, 1.82) is 0 Å². The number of pyridine rings is 1. The van der Waals surface area contributed by atoms with Gasteiger partial charge in [-0.05, 0) is 127 Å². The summed E-state index contributed by atoms with van der Waals surface area (Å²) in [5.41, 5.74) is 15.6. The fourth-order valence-corrected chi connectivity index (χ4v) is 14.5. The van der Waals surface area contributed by atoms with Crippen LogP contribution in [-0.4, -0.2) is 176 Å². The SMILES string of the molecule is CCCc1cc(C(=O)NC)ccc1Nc1nc(OC2CCOCC2)c2c(-c3ccc4nc(C)oc4c3)c[nH]c2n1.COc1cc(C(=O)NC2COC2)ccc1Nc1nc(OC)c2c(-c3cc(C)nc(Cl)c3)c[nH]c2n1.Cc1nc2ccc(-c3c[nH]c4nc(Nc5ccc(C(=O)NC6COC6)cc5Cl)nc(OC5CCOCC5)c34)cc2o1. The zero-order valence-electron chi connectivity index (χ0n) is 64.3. The van der Waals surface area contributed by atoms with Gasteiger partial charge in [-0.3, -0.25) is 14.4 Å². The molecule has 3 amide bonds. The van der Waals surface area contributed by atoms with Crippen molar-refractivity contribution in [3.05, 3.63) is 172 Å². The Morgan fingerprint density at radius 3 is 1.42 bits per heavy atom. The lowest BCUT2D eigenvalue weighted by Crippen LogP contribution is -2.48.